The predicted molar refractivity (Wildman–Crippen MR) is 127 cm³/mol. The first-order valence-corrected chi connectivity index (χ1v) is 11.6. The Morgan fingerprint density at radius 2 is 1.88 bits per heavy atom. The minimum absolute atomic E-state index is 0.552. The molecule has 0 radical (unpaired) electrons. The van der Waals surface area contributed by atoms with Gasteiger partial charge in [0, 0.05) is 31.2 Å². The van der Waals surface area contributed by atoms with Crippen molar-refractivity contribution < 1.29 is 14.2 Å². The Balaban J connectivity index is 1.65. The fourth-order valence-corrected chi connectivity index (χ4v) is 4.99. The topological polar surface area (TPSA) is 48.2 Å². The lowest BCUT2D eigenvalue weighted by Crippen LogP contribution is -2.32. The molecule has 6 nitrogen and oxygen atoms in total. The van der Waals surface area contributed by atoms with Crippen LogP contribution in [-0.4, -0.2) is 50.1 Å². The number of fused-ring (bicyclic) bond motifs is 1. The van der Waals surface area contributed by atoms with Gasteiger partial charge in [-0.15, -0.1) is 5.10 Å². The number of ether oxygens (including phenoxy) is 3. The number of pyridine rings is 1. The Kier molecular flexibility index (Phi) is 5.72. The maximum Gasteiger partial charge on any atom is 0.257 e. The van der Waals surface area contributed by atoms with Gasteiger partial charge in [-0.25, -0.2) is 4.52 Å². The summed E-state index contributed by atoms with van der Waals surface area (Å²) < 4.78 is 19.3. The van der Waals surface area contributed by atoms with Crippen molar-refractivity contribution in [2.24, 2.45) is 11.8 Å². The molecule has 1 atom stereocenters. The maximum atomic E-state index is 5.84. The second kappa shape index (κ2) is 8.66. The number of anilines is 1. The van der Waals surface area contributed by atoms with Gasteiger partial charge in [0.05, 0.1) is 32.0 Å². The van der Waals surface area contributed by atoms with Crippen molar-refractivity contribution >= 4 is 11.2 Å². The summed E-state index contributed by atoms with van der Waals surface area (Å²) in [5.41, 5.74) is 6.60. The monoisotopic (exact) mass is 435 g/mol. The maximum absolute atomic E-state index is 5.84. The second-order valence-electron chi connectivity index (χ2n) is 9.30. The first kappa shape index (κ1) is 21.1. The number of benzene rings is 1. The van der Waals surface area contributed by atoms with E-state index < -0.39 is 0 Å². The number of rotatable bonds is 8. The predicted octanol–water partition coefficient (Wildman–Crippen LogP) is 4.89. The standard InChI is InChI=1S/C26H33N3O3/c1-17-12-18(2)24(23(13-17)30-3)21-6-5-7-22-25(26(31-4)27-29(21)22)28(14-19-8-9-19)15-20-10-11-32-16-20/h5-7,12-13,19-20H,8-11,14-16H2,1-4H3. The van der Waals surface area contributed by atoms with Crippen LogP contribution in [0.5, 0.6) is 11.6 Å². The van der Waals surface area contributed by atoms with Gasteiger partial charge in [0.15, 0.2) is 0 Å². The lowest BCUT2D eigenvalue weighted by Gasteiger charge is -2.27. The molecular formula is C26H33N3O3. The third-order valence-corrected chi connectivity index (χ3v) is 6.71. The average molecular weight is 436 g/mol. The van der Waals surface area contributed by atoms with Crippen LogP contribution >= 0.6 is 0 Å². The summed E-state index contributed by atoms with van der Waals surface area (Å²) in [6.07, 6.45) is 3.74. The van der Waals surface area contributed by atoms with Crippen LogP contribution in [0.15, 0.2) is 30.3 Å². The number of aryl methyl sites for hydroxylation is 2. The molecule has 2 aromatic heterocycles. The van der Waals surface area contributed by atoms with Crippen LogP contribution in [0.2, 0.25) is 0 Å². The summed E-state index contributed by atoms with van der Waals surface area (Å²) in [4.78, 5) is 2.50. The first-order valence-electron chi connectivity index (χ1n) is 11.6. The summed E-state index contributed by atoms with van der Waals surface area (Å²) >= 11 is 0. The molecule has 3 aromatic rings. The molecule has 170 valence electrons. The van der Waals surface area contributed by atoms with E-state index in [1.165, 1.54) is 24.0 Å². The zero-order valence-corrected chi connectivity index (χ0v) is 19.6. The van der Waals surface area contributed by atoms with Crippen molar-refractivity contribution in [1.29, 1.82) is 0 Å². The molecule has 1 aliphatic carbocycles. The van der Waals surface area contributed by atoms with E-state index in [1.807, 2.05) is 4.52 Å². The smallest absolute Gasteiger partial charge is 0.257 e. The Hall–Kier alpha value is -2.73. The summed E-state index contributed by atoms with van der Waals surface area (Å²) in [7, 11) is 3.45. The summed E-state index contributed by atoms with van der Waals surface area (Å²) in [5, 5.41) is 4.94. The molecule has 0 spiro atoms. The van der Waals surface area contributed by atoms with Crippen LogP contribution in [0.3, 0.4) is 0 Å². The van der Waals surface area contributed by atoms with E-state index in [9.17, 15) is 0 Å². The van der Waals surface area contributed by atoms with Gasteiger partial charge in [0.1, 0.15) is 11.4 Å². The number of hydrogen-bond donors (Lipinski definition) is 0. The Morgan fingerprint density at radius 3 is 2.56 bits per heavy atom. The molecule has 0 N–H and O–H groups in total. The van der Waals surface area contributed by atoms with Gasteiger partial charge in [0.2, 0.25) is 0 Å². The molecular weight excluding hydrogens is 402 g/mol. The SMILES string of the molecule is COc1cc(C)cc(C)c1-c1cccc2c(N(CC3CC3)CC3CCOC3)c(OC)nn12. The normalized spacial score (nSPS) is 18.3. The van der Waals surface area contributed by atoms with Gasteiger partial charge in [-0.1, -0.05) is 12.1 Å². The van der Waals surface area contributed by atoms with Crippen LogP contribution in [0.25, 0.3) is 16.8 Å². The molecule has 2 aliphatic rings. The van der Waals surface area contributed by atoms with E-state index in [4.69, 9.17) is 19.3 Å². The highest BCUT2D eigenvalue weighted by Crippen LogP contribution is 2.41. The molecule has 1 aromatic carbocycles. The quantitative estimate of drug-likeness (QED) is 0.504. The Labute approximate surface area is 190 Å². The van der Waals surface area contributed by atoms with Gasteiger partial charge in [-0.3, -0.25) is 0 Å². The van der Waals surface area contributed by atoms with E-state index in [0.29, 0.717) is 11.8 Å². The number of nitrogens with zero attached hydrogens (tertiary/aromatic N) is 3. The van der Waals surface area contributed by atoms with Gasteiger partial charge in [-0.05, 0) is 68.4 Å². The van der Waals surface area contributed by atoms with Gasteiger partial charge in [-0.2, -0.15) is 0 Å². The summed E-state index contributed by atoms with van der Waals surface area (Å²) in [6, 6.07) is 10.6. The van der Waals surface area contributed by atoms with Crippen LogP contribution in [0.4, 0.5) is 5.69 Å². The van der Waals surface area contributed by atoms with E-state index >= 15 is 0 Å². The second-order valence-corrected chi connectivity index (χ2v) is 9.30. The summed E-state index contributed by atoms with van der Waals surface area (Å²) in [5.74, 6) is 2.86. The highest BCUT2D eigenvalue weighted by Gasteiger charge is 2.31. The van der Waals surface area contributed by atoms with Crippen molar-refractivity contribution in [2.75, 3.05) is 45.4 Å². The summed E-state index contributed by atoms with van der Waals surface area (Å²) in [6.45, 7) is 7.96. The van der Waals surface area contributed by atoms with E-state index in [2.05, 4.69) is 49.1 Å². The zero-order chi connectivity index (χ0) is 22.2. The number of hydrogen-bond acceptors (Lipinski definition) is 5. The zero-order valence-electron chi connectivity index (χ0n) is 19.6. The van der Waals surface area contributed by atoms with Crippen LogP contribution < -0.4 is 14.4 Å². The molecule has 0 amide bonds. The first-order chi connectivity index (χ1) is 15.6. The van der Waals surface area contributed by atoms with E-state index in [0.717, 1.165) is 66.9 Å². The molecule has 2 fully saturated rings. The molecule has 0 bridgehead atoms. The highest BCUT2D eigenvalue weighted by atomic mass is 16.5. The van der Waals surface area contributed by atoms with E-state index in [1.54, 1.807) is 14.2 Å². The van der Waals surface area contributed by atoms with Gasteiger partial charge < -0.3 is 19.1 Å². The van der Waals surface area contributed by atoms with Crippen LogP contribution in [0, 0.1) is 25.7 Å². The van der Waals surface area contributed by atoms with Crippen LogP contribution in [0.1, 0.15) is 30.4 Å². The average Bonchev–Trinajstić information content (AvgIpc) is 3.29. The van der Waals surface area contributed by atoms with E-state index in [-0.39, 0.29) is 0 Å². The minimum Gasteiger partial charge on any atom is -0.496 e. The van der Waals surface area contributed by atoms with Crippen LogP contribution in [-0.2, 0) is 4.74 Å². The molecule has 5 rings (SSSR count). The number of aromatic nitrogens is 2. The lowest BCUT2D eigenvalue weighted by molar-refractivity contribution is 0.186. The third-order valence-electron chi connectivity index (χ3n) is 6.71. The number of methoxy groups -OCH3 is 2. The largest absolute Gasteiger partial charge is 0.496 e. The molecule has 1 unspecified atom stereocenters. The van der Waals surface area contributed by atoms with Crippen molar-refractivity contribution in [3.63, 3.8) is 0 Å². The Bertz CT molecular complexity index is 1110. The molecule has 6 heteroatoms. The Morgan fingerprint density at radius 1 is 1.06 bits per heavy atom. The fraction of sp³-hybridized carbons (Fsp3) is 0.500. The highest BCUT2D eigenvalue weighted by molar-refractivity contribution is 5.83. The molecule has 1 aliphatic heterocycles. The molecule has 32 heavy (non-hydrogen) atoms. The van der Waals surface area contributed by atoms with Gasteiger partial charge in [0.25, 0.3) is 5.88 Å². The molecule has 3 heterocycles. The van der Waals surface area contributed by atoms with Crippen molar-refractivity contribution in [1.82, 2.24) is 9.61 Å². The molecule has 1 saturated carbocycles. The van der Waals surface area contributed by atoms with Crippen molar-refractivity contribution in [2.45, 2.75) is 33.1 Å². The van der Waals surface area contributed by atoms with Crippen molar-refractivity contribution in [3.8, 4) is 22.9 Å². The minimum atomic E-state index is 0.552. The molecule has 1 saturated heterocycles. The van der Waals surface area contributed by atoms with Gasteiger partial charge >= 0.3 is 0 Å². The fourth-order valence-electron chi connectivity index (χ4n) is 4.99. The third kappa shape index (κ3) is 3.92. The lowest BCUT2D eigenvalue weighted by atomic mass is 10.0. The van der Waals surface area contributed by atoms with Crippen molar-refractivity contribution in [3.05, 3.63) is 41.5 Å².